The molecule has 2 atom stereocenters. The quantitative estimate of drug-likeness (QED) is 0.925. The monoisotopic (exact) mass is 343 g/mol. The van der Waals surface area contributed by atoms with Gasteiger partial charge in [0.05, 0.1) is 5.56 Å². The normalized spacial score (nSPS) is 23.4. The molecule has 2 aromatic rings. The summed E-state index contributed by atoms with van der Waals surface area (Å²) in [6.45, 7) is 3.47. The van der Waals surface area contributed by atoms with Crippen LogP contribution in [0.2, 0.25) is 0 Å². The summed E-state index contributed by atoms with van der Waals surface area (Å²) in [4.78, 5) is 21.3. The van der Waals surface area contributed by atoms with Crippen molar-refractivity contribution in [2.45, 2.75) is 12.3 Å². The molecule has 1 N–H and O–H groups in total. The number of anilines is 1. The van der Waals surface area contributed by atoms with Crippen molar-refractivity contribution in [3.8, 4) is 0 Å². The van der Waals surface area contributed by atoms with Crippen LogP contribution in [-0.4, -0.2) is 53.7 Å². The van der Waals surface area contributed by atoms with Crippen LogP contribution in [0, 0.1) is 5.92 Å². The maximum absolute atomic E-state index is 12.8. The Balaban J connectivity index is 1.48. The third kappa shape index (κ3) is 2.80. The van der Waals surface area contributed by atoms with Crippen molar-refractivity contribution >= 4 is 23.1 Å². The van der Waals surface area contributed by atoms with Gasteiger partial charge in [-0.15, -0.1) is 0 Å². The van der Waals surface area contributed by atoms with Gasteiger partial charge in [-0.1, -0.05) is 0 Å². The molecule has 1 amide bonds. The number of rotatable bonds is 4. The molecule has 0 radical (unpaired) electrons. The Morgan fingerprint density at radius 2 is 2.17 bits per heavy atom. The first-order valence-corrected chi connectivity index (χ1v) is 9.34. The number of hydrogen-bond donors (Lipinski definition) is 1. The highest BCUT2D eigenvalue weighted by atomic mass is 32.1. The molecule has 0 saturated carbocycles. The largest absolute Gasteiger partial charge is 0.396 e. The smallest absolute Gasteiger partial charge is 0.255 e. The van der Waals surface area contributed by atoms with Crippen molar-refractivity contribution < 1.29 is 9.90 Å². The van der Waals surface area contributed by atoms with Gasteiger partial charge < -0.3 is 14.9 Å². The first kappa shape index (κ1) is 15.6. The van der Waals surface area contributed by atoms with Gasteiger partial charge in [-0.05, 0) is 40.9 Å². The molecule has 0 bridgehead atoms. The van der Waals surface area contributed by atoms with E-state index in [1.165, 1.54) is 12.0 Å². The summed E-state index contributed by atoms with van der Waals surface area (Å²) in [7, 11) is 0. The average Bonchev–Trinajstić information content (AvgIpc) is 3.22. The van der Waals surface area contributed by atoms with Crippen LogP contribution in [0.1, 0.15) is 28.3 Å². The van der Waals surface area contributed by atoms with Gasteiger partial charge in [-0.25, -0.2) is 4.98 Å². The number of hydrogen-bond acceptors (Lipinski definition) is 5. The first-order valence-electron chi connectivity index (χ1n) is 8.39. The van der Waals surface area contributed by atoms with Crippen molar-refractivity contribution in [3.63, 3.8) is 0 Å². The van der Waals surface area contributed by atoms with Crippen LogP contribution >= 0.6 is 11.3 Å². The Morgan fingerprint density at radius 3 is 2.75 bits per heavy atom. The first-order chi connectivity index (χ1) is 11.8. The van der Waals surface area contributed by atoms with Crippen LogP contribution in [-0.2, 0) is 0 Å². The molecule has 2 aliphatic heterocycles. The van der Waals surface area contributed by atoms with Gasteiger partial charge in [-0.3, -0.25) is 4.79 Å². The van der Waals surface area contributed by atoms with E-state index in [4.69, 9.17) is 0 Å². The molecular weight excluding hydrogens is 322 g/mol. The summed E-state index contributed by atoms with van der Waals surface area (Å²) in [6, 6.07) is 5.90. The summed E-state index contributed by atoms with van der Waals surface area (Å²) in [5, 5.41) is 13.8. The lowest BCUT2D eigenvalue weighted by atomic mass is 9.92. The summed E-state index contributed by atoms with van der Waals surface area (Å²) < 4.78 is 0. The average molecular weight is 343 g/mol. The van der Waals surface area contributed by atoms with E-state index in [0.717, 1.165) is 18.9 Å². The number of amides is 1. The molecule has 2 aliphatic rings. The van der Waals surface area contributed by atoms with Gasteiger partial charge in [0.15, 0.2) is 0 Å². The fraction of sp³-hybridized carbons (Fsp3) is 0.444. The van der Waals surface area contributed by atoms with Crippen LogP contribution in [0.5, 0.6) is 0 Å². The third-order valence-electron chi connectivity index (χ3n) is 5.11. The van der Waals surface area contributed by atoms with E-state index in [2.05, 4.69) is 21.3 Å². The Hall–Kier alpha value is -1.92. The van der Waals surface area contributed by atoms with Crippen molar-refractivity contribution in [3.05, 3.63) is 46.3 Å². The molecule has 24 heavy (non-hydrogen) atoms. The summed E-state index contributed by atoms with van der Waals surface area (Å²) in [6.07, 6.45) is 2.89. The van der Waals surface area contributed by atoms with Gasteiger partial charge in [0.2, 0.25) is 0 Å². The molecule has 2 saturated heterocycles. The summed E-state index contributed by atoms with van der Waals surface area (Å²) >= 11 is 1.66. The molecule has 126 valence electrons. The molecule has 2 aromatic heterocycles. The van der Waals surface area contributed by atoms with Gasteiger partial charge in [-0.2, -0.15) is 11.3 Å². The predicted octanol–water partition coefficient (Wildman–Crippen LogP) is 2.20. The molecule has 4 rings (SSSR count). The van der Waals surface area contributed by atoms with Gasteiger partial charge in [0.1, 0.15) is 5.82 Å². The number of thiophene rings is 1. The fourth-order valence-electron chi connectivity index (χ4n) is 3.51. The van der Waals surface area contributed by atoms with Gasteiger partial charge >= 0.3 is 0 Å². The molecule has 0 aliphatic carbocycles. The lowest BCUT2D eigenvalue weighted by molar-refractivity contribution is 0.0781. The Kier molecular flexibility index (Phi) is 4.24. The second-order valence-corrected chi connectivity index (χ2v) is 7.34. The fourth-order valence-corrected chi connectivity index (χ4v) is 4.24. The maximum Gasteiger partial charge on any atom is 0.255 e. The van der Waals surface area contributed by atoms with E-state index in [0.29, 0.717) is 18.7 Å². The van der Waals surface area contributed by atoms with E-state index in [9.17, 15) is 9.90 Å². The zero-order valence-electron chi connectivity index (χ0n) is 13.5. The molecule has 5 nitrogen and oxygen atoms in total. The van der Waals surface area contributed by atoms with E-state index in [-0.39, 0.29) is 24.3 Å². The van der Waals surface area contributed by atoms with Crippen molar-refractivity contribution in [2.75, 3.05) is 37.7 Å². The second kappa shape index (κ2) is 6.53. The molecule has 6 heteroatoms. The number of carbonyl (C=O) groups is 1. The zero-order chi connectivity index (χ0) is 16.5. The van der Waals surface area contributed by atoms with Crippen molar-refractivity contribution in [1.82, 2.24) is 9.88 Å². The number of aliphatic hydroxyl groups excluding tert-OH is 1. The van der Waals surface area contributed by atoms with E-state index >= 15 is 0 Å². The van der Waals surface area contributed by atoms with Crippen molar-refractivity contribution in [2.24, 2.45) is 5.92 Å². The Morgan fingerprint density at radius 1 is 1.29 bits per heavy atom. The number of likely N-dealkylation sites (tertiary alicyclic amines) is 1. The molecule has 0 unspecified atom stereocenters. The molecule has 4 heterocycles. The van der Waals surface area contributed by atoms with Crippen molar-refractivity contribution in [1.29, 1.82) is 0 Å². The molecule has 0 spiro atoms. The Labute approximate surface area is 145 Å². The second-order valence-electron chi connectivity index (χ2n) is 6.56. The number of pyridine rings is 1. The highest BCUT2D eigenvalue weighted by Gasteiger charge is 2.36. The minimum atomic E-state index is 0.00818. The minimum Gasteiger partial charge on any atom is -0.396 e. The topological polar surface area (TPSA) is 56.7 Å². The number of aromatic nitrogens is 1. The summed E-state index contributed by atoms with van der Waals surface area (Å²) in [5.74, 6) is 1.29. The van der Waals surface area contributed by atoms with E-state index in [1.807, 2.05) is 22.4 Å². The number of nitrogens with zero attached hydrogens (tertiary/aromatic N) is 3. The number of aliphatic hydroxyl groups is 1. The van der Waals surface area contributed by atoms with Gasteiger partial charge in [0.25, 0.3) is 5.91 Å². The lowest BCUT2D eigenvalue weighted by Crippen LogP contribution is -2.37. The van der Waals surface area contributed by atoms with Crippen LogP contribution in [0.4, 0.5) is 5.82 Å². The lowest BCUT2D eigenvalue weighted by Gasteiger charge is -2.32. The predicted molar refractivity (Wildman–Crippen MR) is 94.6 cm³/mol. The Bertz CT molecular complexity index is 698. The molecular formula is C18H21N3O2S. The highest BCUT2D eigenvalue weighted by Crippen LogP contribution is 2.34. The molecule has 2 fully saturated rings. The number of carbonyl (C=O) groups excluding carboxylic acids is 1. The van der Waals surface area contributed by atoms with Crippen LogP contribution in [0.15, 0.2) is 35.2 Å². The summed E-state index contributed by atoms with van der Waals surface area (Å²) in [5.41, 5.74) is 1.85. The zero-order valence-corrected chi connectivity index (χ0v) is 14.3. The van der Waals surface area contributed by atoms with Gasteiger partial charge in [0, 0.05) is 50.8 Å². The SMILES string of the molecule is O=C(c1ccc(N2CCC2)nc1)N1C[C@@H](CO)[C@H](c2ccsc2)C1. The van der Waals surface area contributed by atoms with Crippen LogP contribution < -0.4 is 4.90 Å². The highest BCUT2D eigenvalue weighted by molar-refractivity contribution is 7.08. The maximum atomic E-state index is 12.8. The van der Waals surface area contributed by atoms with E-state index in [1.54, 1.807) is 17.5 Å². The minimum absolute atomic E-state index is 0.00818. The standard InChI is InChI=1S/C18H21N3O2S/c22-11-15-9-21(10-16(15)14-4-7-24-12-14)18(23)13-2-3-17(19-8-13)20-5-1-6-20/h2-4,7-8,12,15-16,22H,1,5-6,9-11H2/t15-,16-/m0/s1. The van der Waals surface area contributed by atoms with Crippen LogP contribution in [0.3, 0.4) is 0 Å². The third-order valence-corrected chi connectivity index (χ3v) is 5.81. The molecule has 0 aromatic carbocycles. The van der Waals surface area contributed by atoms with E-state index < -0.39 is 0 Å². The van der Waals surface area contributed by atoms with Crippen LogP contribution in [0.25, 0.3) is 0 Å².